The average molecular weight is 237 g/mol. The quantitative estimate of drug-likeness (QED) is 0.870. The number of halogens is 1. The molecular weight excluding hydrogens is 217 g/mol. The second kappa shape index (κ2) is 6.12. The fourth-order valence-electron chi connectivity index (χ4n) is 2.34. The van der Waals surface area contributed by atoms with Crippen molar-refractivity contribution in [3.63, 3.8) is 0 Å². The molecule has 0 saturated carbocycles. The summed E-state index contributed by atoms with van der Waals surface area (Å²) in [5.74, 6) is -0.253. The van der Waals surface area contributed by atoms with E-state index < -0.39 is 6.10 Å². The third-order valence-corrected chi connectivity index (χ3v) is 3.42. The lowest BCUT2D eigenvalue weighted by atomic mass is 10.1. The summed E-state index contributed by atoms with van der Waals surface area (Å²) >= 11 is 0. The van der Waals surface area contributed by atoms with E-state index in [1.165, 1.54) is 31.4 Å². The molecule has 0 aliphatic carbocycles. The molecule has 0 amide bonds. The van der Waals surface area contributed by atoms with Gasteiger partial charge in [0.2, 0.25) is 0 Å². The second-order valence-corrected chi connectivity index (χ2v) is 4.76. The van der Waals surface area contributed by atoms with Crippen LogP contribution in [0.2, 0.25) is 0 Å². The molecule has 1 unspecified atom stereocenters. The van der Waals surface area contributed by atoms with Gasteiger partial charge in [-0.1, -0.05) is 18.6 Å². The summed E-state index contributed by atoms with van der Waals surface area (Å²) in [6.07, 6.45) is 4.12. The van der Waals surface area contributed by atoms with Crippen LogP contribution in [0.3, 0.4) is 0 Å². The molecular formula is C14H20FNO. The lowest BCUT2D eigenvalue weighted by Gasteiger charge is -2.27. The maximum Gasteiger partial charge on any atom is 0.123 e. The predicted octanol–water partition coefficient (Wildman–Crippen LogP) is 2.74. The van der Waals surface area contributed by atoms with Crippen molar-refractivity contribution in [1.82, 2.24) is 4.90 Å². The molecule has 1 heterocycles. The van der Waals surface area contributed by atoms with E-state index in [0.29, 0.717) is 0 Å². The molecule has 94 valence electrons. The van der Waals surface area contributed by atoms with Crippen molar-refractivity contribution in [2.45, 2.75) is 31.8 Å². The number of nitrogens with zero attached hydrogens (tertiary/aromatic N) is 1. The minimum absolute atomic E-state index is 0.253. The predicted molar refractivity (Wildman–Crippen MR) is 66.3 cm³/mol. The summed E-state index contributed by atoms with van der Waals surface area (Å²) in [4.78, 5) is 2.40. The minimum atomic E-state index is -0.475. The standard InChI is InChI=1S/C14H20FNO/c15-13-6-4-12(5-7-13)14(17)8-11-16-9-2-1-3-10-16/h4-7,14,17H,1-3,8-11H2. The number of aliphatic hydroxyl groups is 1. The Kier molecular flexibility index (Phi) is 4.51. The summed E-state index contributed by atoms with van der Waals surface area (Å²) in [6, 6.07) is 6.13. The van der Waals surface area contributed by atoms with Crippen molar-refractivity contribution in [3.05, 3.63) is 35.6 Å². The van der Waals surface area contributed by atoms with Gasteiger partial charge in [-0.3, -0.25) is 0 Å². The highest BCUT2D eigenvalue weighted by Crippen LogP contribution is 2.18. The van der Waals surface area contributed by atoms with Crippen LogP contribution in [0.5, 0.6) is 0 Å². The number of hydrogen-bond acceptors (Lipinski definition) is 2. The van der Waals surface area contributed by atoms with Gasteiger partial charge < -0.3 is 10.0 Å². The Morgan fingerprint density at radius 2 is 1.76 bits per heavy atom. The molecule has 0 bridgehead atoms. The topological polar surface area (TPSA) is 23.5 Å². The van der Waals surface area contributed by atoms with Crippen molar-refractivity contribution in [3.8, 4) is 0 Å². The maximum absolute atomic E-state index is 12.7. The van der Waals surface area contributed by atoms with E-state index in [-0.39, 0.29) is 5.82 Å². The van der Waals surface area contributed by atoms with E-state index in [1.807, 2.05) is 0 Å². The van der Waals surface area contributed by atoms with Crippen molar-refractivity contribution < 1.29 is 9.50 Å². The number of rotatable bonds is 4. The first-order chi connectivity index (χ1) is 8.25. The van der Waals surface area contributed by atoms with Gasteiger partial charge in [0.25, 0.3) is 0 Å². The molecule has 1 aliphatic rings. The highest BCUT2D eigenvalue weighted by atomic mass is 19.1. The van der Waals surface area contributed by atoms with E-state index in [4.69, 9.17) is 0 Å². The Hall–Kier alpha value is -0.930. The largest absolute Gasteiger partial charge is 0.388 e. The summed E-state index contributed by atoms with van der Waals surface area (Å²) in [5.41, 5.74) is 0.809. The summed E-state index contributed by atoms with van der Waals surface area (Å²) in [6.45, 7) is 3.23. The zero-order valence-corrected chi connectivity index (χ0v) is 10.1. The van der Waals surface area contributed by atoms with Crippen LogP contribution in [-0.2, 0) is 0 Å². The molecule has 1 saturated heterocycles. The van der Waals surface area contributed by atoms with Gasteiger partial charge in [-0.2, -0.15) is 0 Å². The molecule has 0 aromatic heterocycles. The fraction of sp³-hybridized carbons (Fsp3) is 0.571. The molecule has 3 heteroatoms. The van der Waals surface area contributed by atoms with E-state index in [9.17, 15) is 9.50 Å². The third kappa shape index (κ3) is 3.79. The molecule has 1 aromatic rings. The number of benzene rings is 1. The van der Waals surface area contributed by atoms with Crippen LogP contribution in [0.1, 0.15) is 37.4 Å². The van der Waals surface area contributed by atoms with E-state index >= 15 is 0 Å². The molecule has 1 atom stereocenters. The smallest absolute Gasteiger partial charge is 0.123 e. The highest BCUT2D eigenvalue weighted by Gasteiger charge is 2.13. The van der Waals surface area contributed by atoms with Crippen molar-refractivity contribution in [2.75, 3.05) is 19.6 Å². The van der Waals surface area contributed by atoms with E-state index in [1.54, 1.807) is 12.1 Å². The number of likely N-dealkylation sites (tertiary alicyclic amines) is 1. The molecule has 17 heavy (non-hydrogen) atoms. The molecule has 1 fully saturated rings. The van der Waals surface area contributed by atoms with Crippen LogP contribution < -0.4 is 0 Å². The monoisotopic (exact) mass is 237 g/mol. The Bertz CT molecular complexity index is 333. The fourth-order valence-corrected chi connectivity index (χ4v) is 2.34. The Balaban J connectivity index is 1.80. The second-order valence-electron chi connectivity index (χ2n) is 4.76. The Labute approximate surface area is 102 Å². The lowest BCUT2D eigenvalue weighted by Crippen LogP contribution is -2.31. The van der Waals surface area contributed by atoms with Crippen LogP contribution >= 0.6 is 0 Å². The van der Waals surface area contributed by atoms with Gasteiger partial charge in [0.05, 0.1) is 6.10 Å². The maximum atomic E-state index is 12.7. The zero-order chi connectivity index (χ0) is 12.1. The van der Waals surface area contributed by atoms with Crippen LogP contribution in [0.15, 0.2) is 24.3 Å². The Morgan fingerprint density at radius 1 is 1.12 bits per heavy atom. The van der Waals surface area contributed by atoms with E-state index in [2.05, 4.69) is 4.90 Å². The van der Waals surface area contributed by atoms with Crippen LogP contribution in [0.25, 0.3) is 0 Å². The van der Waals surface area contributed by atoms with Gasteiger partial charge in [-0.05, 0) is 50.0 Å². The van der Waals surface area contributed by atoms with Crippen molar-refractivity contribution in [2.24, 2.45) is 0 Å². The normalized spacial score (nSPS) is 19.2. The van der Waals surface area contributed by atoms with Gasteiger partial charge in [-0.25, -0.2) is 4.39 Å². The van der Waals surface area contributed by atoms with Gasteiger partial charge in [0.1, 0.15) is 5.82 Å². The van der Waals surface area contributed by atoms with E-state index in [0.717, 1.165) is 31.6 Å². The van der Waals surface area contributed by atoms with Crippen LogP contribution in [0, 0.1) is 5.82 Å². The molecule has 2 nitrogen and oxygen atoms in total. The van der Waals surface area contributed by atoms with Crippen LogP contribution in [-0.4, -0.2) is 29.6 Å². The summed E-state index contributed by atoms with van der Waals surface area (Å²) < 4.78 is 12.7. The molecule has 1 aromatic carbocycles. The first kappa shape index (κ1) is 12.5. The summed E-state index contributed by atoms with van der Waals surface area (Å²) in [7, 11) is 0. The molecule has 2 rings (SSSR count). The number of aliphatic hydroxyl groups excluding tert-OH is 1. The van der Waals surface area contributed by atoms with Crippen molar-refractivity contribution in [1.29, 1.82) is 0 Å². The van der Waals surface area contributed by atoms with Gasteiger partial charge in [0, 0.05) is 6.54 Å². The molecule has 1 aliphatic heterocycles. The Morgan fingerprint density at radius 3 is 2.41 bits per heavy atom. The number of hydrogen-bond donors (Lipinski definition) is 1. The van der Waals surface area contributed by atoms with Crippen LogP contribution in [0.4, 0.5) is 4.39 Å². The van der Waals surface area contributed by atoms with Gasteiger partial charge in [-0.15, -0.1) is 0 Å². The molecule has 0 radical (unpaired) electrons. The zero-order valence-electron chi connectivity index (χ0n) is 10.1. The highest BCUT2D eigenvalue weighted by molar-refractivity contribution is 5.18. The first-order valence-electron chi connectivity index (χ1n) is 6.41. The minimum Gasteiger partial charge on any atom is -0.388 e. The first-order valence-corrected chi connectivity index (χ1v) is 6.41. The molecule has 1 N–H and O–H groups in total. The van der Waals surface area contributed by atoms with Gasteiger partial charge >= 0.3 is 0 Å². The molecule has 0 spiro atoms. The van der Waals surface area contributed by atoms with Crippen molar-refractivity contribution >= 4 is 0 Å². The average Bonchev–Trinajstić information content (AvgIpc) is 2.38. The summed E-state index contributed by atoms with van der Waals surface area (Å²) in [5, 5.41) is 9.99. The SMILES string of the molecule is OC(CCN1CCCCC1)c1ccc(F)cc1. The lowest BCUT2D eigenvalue weighted by molar-refractivity contribution is 0.134. The van der Waals surface area contributed by atoms with Gasteiger partial charge in [0.15, 0.2) is 0 Å². The number of piperidine rings is 1. The third-order valence-electron chi connectivity index (χ3n) is 3.42.